The highest BCUT2D eigenvalue weighted by Crippen LogP contribution is 2.23. The molecule has 0 aliphatic rings. The molecule has 1 aromatic carbocycles. The van der Waals surface area contributed by atoms with E-state index in [0.717, 1.165) is 5.69 Å². The second-order valence-electron chi connectivity index (χ2n) is 3.97. The molecule has 96 valence electrons. The molecule has 2 aromatic rings. The number of rotatable bonds is 4. The zero-order chi connectivity index (χ0) is 13.1. The van der Waals surface area contributed by atoms with E-state index >= 15 is 0 Å². The molecular formula is C12H15FN4O. The van der Waals surface area contributed by atoms with Crippen molar-refractivity contribution in [1.29, 1.82) is 0 Å². The smallest absolute Gasteiger partial charge is 0.322 e. The predicted octanol–water partition coefficient (Wildman–Crippen LogP) is 2.26. The fourth-order valence-corrected chi connectivity index (χ4v) is 1.44. The Hall–Kier alpha value is -1.95. The quantitative estimate of drug-likeness (QED) is 0.902. The average Bonchev–Trinajstić information content (AvgIpc) is 2.87. The van der Waals surface area contributed by atoms with Crippen molar-refractivity contribution in [2.45, 2.75) is 13.0 Å². The molecule has 0 amide bonds. The molecule has 5 nitrogen and oxygen atoms in total. The first kappa shape index (κ1) is 12.5. The summed E-state index contributed by atoms with van der Waals surface area (Å²) in [6, 6.07) is 6.45. The molecule has 1 unspecified atom stereocenters. The highest BCUT2D eigenvalue weighted by atomic mass is 19.1. The maximum atomic E-state index is 12.8. The Balaban J connectivity index is 2.20. The zero-order valence-corrected chi connectivity index (χ0v) is 10.5. The van der Waals surface area contributed by atoms with Crippen LogP contribution in [0.25, 0.3) is 0 Å². The molecule has 1 N–H and O–H groups in total. The van der Waals surface area contributed by atoms with Crippen molar-refractivity contribution in [3.05, 3.63) is 36.0 Å². The molecule has 1 aromatic heterocycles. The van der Waals surface area contributed by atoms with E-state index in [1.165, 1.54) is 12.1 Å². The highest BCUT2D eigenvalue weighted by molar-refractivity contribution is 5.54. The van der Waals surface area contributed by atoms with Crippen LogP contribution in [-0.2, 0) is 0 Å². The third-order valence-electron chi connectivity index (χ3n) is 2.73. The second-order valence-corrected chi connectivity index (χ2v) is 3.97. The van der Waals surface area contributed by atoms with Crippen LogP contribution in [0.15, 0.2) is 28.7 Å². The van der Waals surface area contributed by atoms with Crippen LogP contribution < -0.4 is 10.2 Å². The molecule has 1 atom stereocenters. The molecule has 0 aliphatic heterocycles. The normalized spacial score (nSPS) is 12.4. The number of nitrogens with zero attached hydrogens (tertiary/aromatic N) is 3. The topological polar surface area (TPSA) is 54.2 Å². The van der Waals surface area contributed by atoms with Gasteiger partial charge in [-0.25, -0.2) is 4.39 Å². The highest BCUT2D eigenvalue weighted by Gasteiger charge is 2.15. The van der Waals surface area contributed by atoms with Gasteiger partial charge in [-0.3, -0.25) is 4.90 Å². The van der Waals surface area contributed by atoms with Crippen molar-refractivity contribution < 1.29 is 8.81 Å². The van der Waals surface area contributed by atoms with Crippen LogP contribution in [0.5, 0.6) is 0 Å². The number of anilines is 2. The van der Waals surface area contributed by atoms with Gasteiger partial charge in [-0.15, -0.1) is 5.10 Å². The molecular weight excluding hydrogens is 235 g/mol. The van der Waals surface area contributed by atoms with Crippen molar-refractivity contribution >= 4 is 11.7 Å². The molecule has 0 bridgehead atoms. The minimum Gasteiger partial charge on any atom is -0.406 e. The van der Waals surface area contributed by atoms with Crippen LogP contribution in [0, 0.1) is 5.82 Å². The maximum absolute atomic E-state index is 12.8. The van der Waals surface area contributed by atoms with E-state index < -0.39 is 0 Å². The number of nitrogens with one attached hydrogen (secondary N) is 1. The molecule has 0 spiro atoms. The number of hydrogen-bond donors (Lipinski definition) is 1. The van der Waals surface area contributed by atoms with Crippen LogP contribution in [-0.4, -0.2) is 24.3 Å². The molecule has 2 rings (SSSR count). The lowest BCUT2D eigenvalue weighted by molar-refractivity contribution is 0.437. The van der Waals surface area contributed by atoms with Crippen LogP contribution in [0.4, 0.5) is 16.1 Å². The van der Waals surface area contributed by atoms with Crippen LogP contribution in [0.2, 0.25) is 0 Å². The Morgan fingerprint density at radius 1 is 1.28 bits per heavy atom. The van der Waals surface area contributed by atoms with E-state index in [1.54, 1.807) is 24.1 Å². The summed E-state index contributed by atoms with van der Waals surface area (Å²) in [5.74, 6) is 0.239. The van der Waals surface area contributed by atoms with E-state index in [0.29, 0.717) is 11.9 Å². The maximum Gasteiger partial charge on any atom is 0.322 e. The largest absolute Gasteiger partial charge is 0.406 e. The van der Waals surface area contributed by atoms with Crippen LogP contribution in [0.1, 0.15) is 18.9 Å². The van der Waals surface area contributed by atoms with Crippen LogP contribution in [0.3, 0.4) is 0 Å². The zero-order valence-electron chi connectivity index (χ0n) is 10.5. The molecule has 1 heterocycles. The lowest BCUT2D eigenvalue weighted by atomic mass is 10.3. The van der Waals surface area contributed by atoms with Gasteiger partial charge in [0.1, 0.15) is 5.82 Å². The number of hydrogen-bond acceptors (Lipinski definition) is 5. The summed E-state index contributed by atoms with van der Waals surface area (Å²) in [7, 11) is 3.60. The number of halogens is 1. The van der Waals surface area contributed by atoms with E-state index in [2.05, 4.69) is 15.5 Å². The fraction of sp³-hybridized carbons (Fsp3) is 0.333. The molecule has 0 fully saturated rings. The van der Waals surface area contributed by atoms with E-state index in [-0.39, 0.29) is 11.9 Å². The van der Waals surface area contributed by atoms with Gasteiger partial charge in [0.2, 0.25) is 5.89 Å². The summed E-state index contributed by atoms with van der Waals surface area (Å²) in [5, 5.41) is 10.9. The van der Waals surface area contributed by atoms with Gasteiger partial charge in [-0.1, -0.05) is 5.10 Å². The van der Waals surface area contributed by atoms with Crippen molar-refractivity contribution in [2.75, 3.05) is 19.0 Å². The summed E-state index contributed by atoms with van der Waals surface area (Å²) < 4.78 is 18.4. The van der Waals surface area contributed by atoms with E-state index in [9.17, 15) is 4.39 Å². The average molecular weight is 250 g/mol. The summed E-state index contributed by atoms with van der Waals surface area (Å²) >= 11 is 0. The van der Waals surface area contributed by atoms with Gasteiger partial charge in [0.15, 0.2) is 0 Å². The van der Waals surface area contributed by atoms with Crippen molar-refractivity contribution in [3.8, 4) is 0 Å². The van der Waals surface area contributed by atoms with Gasteiger partial charge >= 0.3 is 6.01 Å². The summed E-state index contributed by atoms with van der Waals surface area (Å²) in [5.41, 5.74) is 0.781. The lowest BCUT2D eigenvalue weighted by Gasteiger charge is -2.13. The SMILES string of the molecule is CNC(C)c1nnc(N(C)c2ccc(F)cc2)o1. The van der Waals surface area contributed by atoms with Gasteiger partial charge in [0, 0.05) is 12.7 Å². The van der Waals surface area contributed by atoms with E-state index in [1.807, 2.05) is 14.0 Å². The fourth-order valence-electron chi connectivity index (χ4n) is 1.44. The molecule has 0 saturated carbocycles. The van der Waals surface area contributed by atoms with E-state index in [4.69, 9.17) is 4.42 Å². The predicted molar refractivity (Wildman–Crippen MR) is 66.2 cm³/mol. The number of aromatic nitrogens is 2. The Labute approximate surface area is 105 Å². The Morgan fingerprint density at radius 2 is 1.94 bits per heavy atom. The standard InChI is InChI=1S/C12H15FN4O/c1-8(14-2)11-15-16-12(18-11)17(3)10-6-4-9(13)5-7-10/h4-8,14H,1-3H3. The first-order valence-corrected chi connectivity index (χ1v) is 5.61. The molecule has 6 heteroatoms. The third kappa shape index (κ3) is 2.48. The Bertz CT molecular complexity index is 511. The molecule has 0 radical (unpaired) electrons. The molecule has 18 heavy (non-hydrogen) atoms. The van der Waals surface area contributed by atoms with Gasteiger partial charge < -0.3 is 9.73 Å². The summed E-state index contributed by atoms with van der Waals surface area (Å²) in [4.78, 5) is 1.71. The first-order chi connectivity index (χ1) is 8.61. The minimum atomic E-state index is -0.276. The third-order valence-corrected chi connectivity index (χ3v) is 2.73. The number of benzene rings is 1. The lowest BCUT2D eigenvalue weighted by Crippen LogP contribution is -2.12. The Kier molecular flexibility index (Phi) is 3.57. The first-order valence-electron chi connectivity index (χ1n) is 5.61. The monoisotopic (exact) mass is 250 g/mol. The van der Waals surface area contributed by atoms with Gasteiger partial charge in [0.05, 0.1) is 6.04 Å². The summed E-state index contributed by atoms with van der Waals surface area (Å²) in [6.45, 7) is 1.93. The second kappa shape index (κ2) is 5.14. The summed E-state index contributed by atoms with van der Waals surface area (Å²) in [6.07, 6.45) is 0. The van der Waals surface area contributed by atoms with Gasteiger partial charge in [-0.05, 0) is 38.2 Å². The van der Waals surface area contributed by atoms with Crippen LogP contribution >= 0.6 is 0 Å². The van der Waals surface area contributed by atoms with Crippen molar-refractivity contribution in [3.63, 3.8) is 0 Å². The van der Waals surface area contributed by atoms with Crippen molar-refractivity contribution in [1.82, 2.24) is 15.5 Å². The van der Waals surface area contributed by atoms with Gasteiger partial charge in [-0.2, -0.15) is 0 Å². The minimum absolute atomic E-state index is 0.00660. The molecule has 0 saturated heterocycles. The molecule has 0 aliphatic carbocycles. The van der Waals surface area contributed by atoms with Crippen molar-refractivity contribution in [2.24, 2.45) is 0 Å². The Morgan fingerprint density at radius 3 is 2.56 bits per heavy atom. The van der Waals surface area contributed by atoms with Gasteiger partial charge in [0.25, 0.3) is 0 Å².